The van der Waals surface area contributed by atoms with E-state index in [4.69, 9.17) is 16.9 Å². The maximum absolute atomic E-state index is 12.0. The summed E-state index contributed by atoms with van der Waals surface area (Å²) in [5.74, 6) is -0.768. The number of nitriles is 1. The third-order valence-corrected chi connectivity index (χ3v) is 3.44. The number of hydrogen-bond acceptors (Lipinski definition) is 3. The van der Waals surface area contributed by atoms with Crippen molar-refractivity contribution in [3.8, 4) is 17.2 Å². The van der Waals surface area contributed by atoms with Crippen molar-refractivity contribution in [3.63, 3.8) is 0 Å². The summed E-state index contributed by atoms with van der Waals surface area (Å²) in [6, 6.07) is 16.2. The molecule has 0 aliphatic carbocycles. The van der Waals surface area contributed by atoms with E-state index in [0.717, 1.165) is 11.1 Å². The van der Waals surface area contributed by atoms with Crippen LogP contribution in [0.25, 0.3) is 11.1 Å². The number of carbonyl (C=O) groups is 2. The minimum atomic E-state index is -0.410. The van der Waals surface area contributed by atoms with Gasteiger partial charge in [0, 0.05) is 16.1 Å². The number of hydrogen-bond donors (Lipinski definition) is 2. The van der Waals surface area contributed by atoms with E-state index >= 15 is 0 Å². The van der Waals surface area contributed by atoms with Crippen molar-refractivity contribution in [2.24, 2.45) is 0 Å². The highest BCUT2D eigenvalue weighted by Gasteiger charge is 2.09. The molecule has 0 spiro atoms. The molecule has 0 radical (unpaired) electrons. The minimum absolute atomic E-state index is 0.0821. The molecular weight excluding hydrogens is 314 g/mol. The standard InChI is InChI=1S/C17H14ClN3O2/c18-15-4-2-1-3-14(15)12-5-7-13(8-6-12)17(23)21-11-16(22)20-10-9-19/h1-8H,10-11H2,(H,20,22)(H,21,23). The largest absolute Gasteiger partial charge is 0.343 e. The summed E-state index contributed by atoms with van der Waals surface area (Å²) in [6.45, 7) is -0.256. The predicted octanol–water partition coefficient (Wildman–Crippen LogP) is 2.38. The van der Waals surface area contributed by atoms with Crippen LogP contribution in [0.2, 0.25) is 5.02 Å². The monoisotopic (exact) mass is 327 g/mol. The molecule has 0 aliphatic heterocycles. The van der Waals surface area contributed by atoms with Gasteiger partial charge in [-0.25, -0.2) is 0 Å². The van der Waals surface area contributed by atoms with E-state index in [1.165, 1.54) is 0 Å². The first-order valence-electron chi connectivity index (χ1n) is 6.88. The number of carbonyl (C=O) groups excluding carboxylic acids is 2. The molecule has 116 valence electrons. The fourth-order valence-electron chi connectivity index (χ4n) is 1.96. The van der Waals surface area contributed by atoms with Crippen LogP contribution in [0.15, 0.2) is 48.5 Å². The molecule has 2 N–H and O–H groups in total. The van der Waals surface area contributed by atoms with Crippen LogP contribution in [0.5, 0.6) is 0 Å². The summed E-state index contributed by atoms with van der Waals surface area (Å²) in [4.78, 5) is 23.3. The van der Waals surface area contributed by atoms with E-state index in [1.54, 1.807) is 36.4 Å². The molecule has 0 aliphatic rings. The van der Waals surface area contributed by atoms with Crippen LogP contribution in [0.4, 0.5) is 0 Å². The Labute approximate surface area is 138 Å². The van der Waals surface area contributed by atoms with Crippen LogP contribution in [-0.4, -0.2) is 24.9 Å². The minimum Gasteiger partial charge on any atom is -0.343 e. The maximum atomic E-state index is 12.0. The molecule has 0 aromatic heterocycles. The molecule has 2 rings (SSSR count). The predicted molar refractivity (Wildman–Crippen MR) is 87.8 cm³/mol. The number of rotatable bonds is 5. The number of nitrogens with zero attached hydrogens (tertiary/aromatic N) is 1. The SMILES string of the molecule is N#CCNC(=O)CNC(=O)c1ccc(-c2ccccc2Cl)cc1. The van der Waals surface area contributed by atoms with E-state index in [0.29, 0.717) is 10.6 Å². The van der Waals surface area contributed by atoms with Gasteiger partial charge in [-0.05, 0) is 23.8 Å². The van der Waals surface area contributed by atoms with Crippen molar-refractivity contribution in [1.82, 2.24) is 10.6 Å². The maximum Gasteiger partial charge on any atom is 0.251 e. The van der Waals surface area contributed by atoms with E-state index in [1.807, 2.05) is 18.2 Å². The van der Waals surface area contributed by atoms with Gasteiger partial charge in [0.05, 0.1) is 12.6 Å². The first-order valence-corrected chi connectivity index (χ1v) is 7.26. The Hall–Kier alpha value is -2.84. The van der Waals surface area contributed by atoms with Crippen molar-refractivity contribution in [2.75, 3.05) is 13.1 Å². The quantitative estimate of drug-likeness (QED) is 0.827. The second-order valence-corrected chi connectivity index (χ2v) is 5.08. The highest BCUT2D eigenvalue weighted by Crippen LogP contribution is 2.27. The van der Waals surface area contributed by atoms with Gasteiger partial charge in [-0.1, -0.05) is 41.9 Å². The fourth-order valence-corrected chi connectivity index (χ4v) is 2.20. The third kappa shape index (κ3) is 4.56. The van der Waals surface area contributed by atoms with Crippen LogP contribution < -0.4 is 10.6 Å². The highest BCUT2D eigenvalue weighted by molar-refractivity contribution is 6.33. The molecule has 0 saturated carbocycles. The lowest BCUT2D eigenvalue weighted by Crippen LogP contribution is -2.37. The summed E-state index contributed by atoms with van der Waals surface area (Å²) in [6.07, 6.45) is 0. The fraction of sp³-hybridized carbons (Fsp3) is 0.118. The van der Waals surface area contributed by atoms with Crippen LogP contribution in [0.1, 0.15) is 10.4 Å². The number of benzene rings is 2. The highest BCUT2D eigenvalue weighted by atomic mass is 35.5. The molecule has 0 atom stereocenters. The Morgan fingerprint density at radius 1 is 1.04 bits per heavy atom. The van der Waals surface area contributed by atoms with Crippen molar-refractivity contribution in [1.29, 1.82) is 5.26 Å². The van der Waals surface area contributed by atoms with Crippen LogP contribution >= 0.6 is 11.6 Å². The number of nitrogens with one attached hydrogen (secondary N) is 2. The van der Waals surface area contributed by atoms with Crippen LogP contribution in [0.3, 0.4) is 0 Å². The van der Waals surface area contributed by atoms with Crippen molar-refractivity contribution in [3.05, 3.63) is 59.1 Å². The first kappa shape index (κ1) is 16.5. The Kier molecular flexibility index (Phi) is 5.73. The average Bonchev–Trinajstić information content (AvgIpc) is 2.58. The zero-order chi connectivity index (χ0) is 16.7. The van der Waals surface area contributed by atoms with Gasteiger partial charge >= 0.3 is 0 Å². The summed E-state index contributed by atoms with van der Waals surface area (Å²) >= 11 is 6.14. The zero-order valence-corrected chi connectivity index (χ0v) is 12.9. The lowest BCUT2D eigenvalue weighted by molar-refractivity contribution is -0.119. The molecule has 2 aromatic rings. The van der Waals surface area contributed by atoms with E-state index in [-0.39, 0.29) is 19.0 Å². The van der Waals surface area contributed by atoms with Gasteiger partial charge in [0.1, 0.15) is 6.54 Å². The molecule has 0 bridgehead atoms. The summed E-state index contributed by atoms with van der Waals surface area (Å²) in [5, 5.41) is 13.8. The molecule has 5 nitrogen and oxygen atoms in total. The molecule has 0 heterocycles. The number of halogens is 1. The molecule has 2 aromatic carbocycles. The average molecular weight is 328 g/mol. The Balaban J connectivity index is 2.00. The molecule has 2 amide bonds. The molecule has 6 heteroatoms. The van der Waals surface area contributed by atoms with Crippen molar-refractivity contribution in [2.45, 2.75) is 0 Å². The van der Waals surface area contributed by atoms with Crippen LogP contribution in [-0.2, 0) is 4.79 Å². The lowest BCUT2D eigenvalue weighted by atomic mass is 10.0. The molecular formula is C17H14ClN3O2. The smallest absolute Gasteiger partial charge is 0.251 e. The molecule has 0 unspecified atom stereocenters. The summed E-state index contributed by atoms with van der Waals surface area (Å²) in [7, 11) is 0. The van der Waals surface area contributed by atoms with E-state index < -0.39 is 5.91 Å². The van der Waals surface area contributed by atoms with Gasteiger partial charge in [-0.2, -0.15) is 5.26 Å². The summed E-state index contributed by atoms with van der Waals surface area (Å²) in [5.41, 5.74) is 2.23. The topological polar surface area (TPSA) is 82.0 Å². The van der Waals surface area contributed by atoms with E-state index in [9.17, 15) is 9.59 Å². The Morgan fingerprint density at radius 3 is 2.39 bits per heavy atom. The van der Waals surface area contributed by atoms with Crippen molar-refractivity contribution >= 4 is 23.4 Å². The summed E-state index contributed by atoms with van der Waals surface area (Å²) < 4.78 is 0. The van der Waals surface area contributed by atoms with Gasteiger partial charge in [-0.15, -0.1) is 0 Å². The van der Waals surface area contributed by atoms with Crippen molar-refractivity contribution < 1.29 is 9.59 Å². The third-order valence-electron chi connectivity index (χ3n) is 3.11. The lowest BCUT2D eigenvalue weighted by Gasteiger charge is -2.07. The molecule has 0 saturated heterocycles. The normalized spacial score (nSPS) is 9.74. The Bertz CT molecular complexity index is 751. The molecule has 0 fully saturated rings. The van der Waals surface area contributed by atoms with Gasteiger partial charge in [0.2, 0.25) is 5.91 Å². The first-order chi connectivity index (χ1) is 11.1. The number of amides is 2. The second kappa shape index (κ2) is 7.97. The zero-order valence-electron chi connectivity index (χ0n) is 12.2. The van der Waals surface area contributed by atoms with Crippen LogP contribution in [0, 0.1) is 11.3 Å². The van der Waals surface area contributed by atoms with Gasteiger partial charge in [-0.3, -0.25) is 9.59 Å². The van der Waals surface area contributed by atoms with Gasteiger partial charge < -0.3 is 10.6 Å². The van der Waals surface area contributed by atoms with Gasteiger partial charge in [0.25, 0.3) is 5.91 Å². The molecule has 23 heavy (non-hydrogen) atoms. The van der Waals surface area contributed by atoms with Gasteiger partial charge in [0.15, 0.2) is 0 Å². The van der Waals surface area contributed by atoms with E-state index in [2.05, 4.69) is 10.6 Å². The Morgan fingerprint density at radius 2 is 1.74 bits per heavy atom. The second-order valence-electron chi connectivity index (χ2n) is 4.67.